The summed E-state index contributed by atoms with van der Waals surface area (Å²) in [5.74, 6) is -0.323. The zero-order valence-electron chi connectivity index (χ0n) is 8.27. The number of aliphatic hydroxyl groups excluding tert-OH is 2. The second-order valence-corrected chi connectivity index (χ2v) is 3.46. The van der Waals surface area contributed by atoms with Crippen LogP contribution in [0.5, 0.6) is 0 Å². The summed E-state index contributed by atoms with van der Waals surface area (Å²) in [7, 11) is 0. The predicted molar refractivity (Wildman–Crippen MR) is 50.6 cm³/mol. The first-order valence-electron chi connectivity index (χ1n) is 4.79. The van der Waals surface area contributed by atoms with Crippen molar-refractivity contribution in [2.75, 3.05) is 6.61 Å². The zero-order chi connectivity index (χ0) is 10.6. The van der Waals surface area contributed by atoms with E-state index < -0.39 is 12.2 Å². The molecule has 0 aromatic heterocycles. The molecule has 0 unspecified atom stereocenters. The van der Waals surface area contributed by atoms with Gasteiger partial charge in [0, 0.05) is 13.3 Å². The summed E-state index contributed by atoms with van der Waals surface area (Å²) in [6.45, 7) is 1.62. The number of hydrogen-bond donors (Lipinski definition) is 2. The van der Waals surface area contributed by atoms with Gasteiger partial charge in [-0.2, -0.15) is 0 Å². The van der Waals surface area contributed by atoms with E-state index in [4.69, 9.17) is 4.74 Å². The van der Waals surface area contributed by atoms with Crippen LogP contribution >= 0.6 is 0 Å². The van der Waals surface area contributed by atoms with Crippen molar-refractivity contribution in [3.63, 3.8) is 0 Å². The molecule has 2 atom stereocenters. The summed E-state index contributed by atoms with van der Waals surface area (Å²) in [4.78, 5) is 10.5. The normalized spacial score (nSPS) is 26.9. The van der Waals surface area contributed by atoms with Gasteiger partial charge in [0.2, 0.25) is 0 Å². The van der Waals surface area contributed by atoms with Crippen LogP contribution in [0.2, 0.25) is 0 Å². The molecule has 14 heavy (non-hydrogen) atoms. The van der Waals surface area contributed by atoms with Crippen LogP contribution in [-0.4, -0.2) is 35.0 Å². The van der Waals surface area contributed by atoms with Crippen molar-refractivity contribution in [1.82, 2.24) is 0 Å². The van der Waals surface area contributed by atoms with E-state index in [0.717, 1.165) is 12.0 Å². The minimum absolute atomic E-state index is 0.269. The molecule has 1 aliphatic rings. The lowest BCUT2D eigenvalue weighted by atomic mass is 9.92. The van der Waals surface area contributed by atoms with Crippen molar-refractivity contribution in [3.8, 4) is 0 Å². The lowest BCUT2D eigenvalue weighted by molar-refractivity contribution is -0.140. The average Bonchev–Trinajstić information content (AvgIpc) is 2.12. The third-order valence-electron chi connectivity index (χ3n) is 2.31. The lowest BCUT2D eigenvalue weighted by Gasteiger charge is -2.24. The lowest BCUT2D eigenvalue weighted by Crippen LogP contribution is -2.31. The van der Waals surface area contributed by atoms with Crippen LogP contribution in [0.25, 0.3) is 0 Å². The maximum Gasteiger partial charge on any atom is 0.302 e. The van der Waals surface area contributed by atoms with Gasteiger partial charge in [-0.05, 0) is 18.4 Å². The largest absolute Gasteiger partial charge is 0.466 e. The molecular weight excluding hydrogens is 184 g/mol. The number of hydrogen-bond acceptors (Lipinski definition) is 4. The number of rotatable bonds is 3. The zero-order valence-corrected chi connectivity index (χ0v) is 8.27. The SMILES string of the molecule is CC(=O)OCCC1=CCC[C@H](O)[C@@H]1O. The highest BCUT2D eigenvalue weighted by atomic mass is 16.5. The molecule has 0 heterocycles. The molecule has 0 bridgehead atoms. The van der Waals surface area contributed by atoms with Gasteiger partial charge in [-0.3, -0.25) is 4.79 Å². The predicted octanol–water partition coefficient (Wildman–Crippen LogP) is 0.382. The van der Waals surface area contributed by atoms with Crippen molar-refractivity contribution in [2.24, 2.45) is 0 Å². The van der Waals surface area contributed by atoms with Gasteiger partial charge >= 0.3 is 5.97 Å². The Balaban J connectivity index is 2.36. The highest BCUT2D eigenvalue weighted by molar-refractivity contribution is 5.65. The summed E-state index contributed by atoms with van der Waals surface area (Å²) in [5, 5.41) is 18.9. The van der Waals surface area contributed by atoms with E-state index in [-0.39, 0.29) is 12.6 Å². The van der Waals surface area contributed by atoms with Crippen LogP contribution in [0, 0.1) is 0 Å². The average molecular weight is 200 g/mol. The van der Waals surface area contributed by atoms with Crippen LogP contribution in [0.1, 0.15) is 26.2 Å². The molecule has 0 aliphatic heterocycles. The van der Waals surface area contributed by atoms with Gasteiger partial charge in [0.05, 0.1) is 12.7 Å². The van der Waals surface area contributed by atoms with E-state index in [1.807, 2.05) is 6.08 Å². The van der Waals surface area contributed by atoms with Crippen molar-refractivity contribution in [3.05, 3.63) is 11.6 Å². The summed E-state index contributed by atoms with van der Waals surface area (Å²) in [6.07, 6.45) is 2.30. The fraction of sp³-hybridized carbons (Fsp3) is 0.700. The summed E-state index contributed by atoms with van der Waals surface area (Å²) in [5.41, 5.74) is 0.769. The molecule has 2 N–H and O–H groups in total. The second-order valence-electron chi connectivity index (χ2n) is 3.46. The van der Waals surface area contributed by atoms with E-state index >= 15 is 0 Å². The minimum atomic E-state index is -0.792. The van der Waals surface area contributed by atoms with Gasteiger partial charge in [-0.1, -0.05) is 6.08 Å². The van der Waals surface area contributed by atoms with Crippen molar-refractivity contribution in [1.29, 1.82) is 0 Å². The van der Waals surface area contributed by atoms with Crippen LogP contribution in [0.15, 0.2) is 11.6 Å². The molecular formula is C10H16O4. The van der Waals surface area contributed by atoms with E-state index in [1.54, 1.807) is 0 Å². The number of aliphatic hydroxyl groups is 2. The maximum absolute atomic E-state index is 10.5. The Morgan fingerprint density at radius 2 is 2.36 bits per heavy atom. The Bertz CT molecular complexity index is 234. The van der Waals surface area contributed by atoms with Gasteiger partial charge in [-0.25, -0.2) is 0 Å². The number of allylic oxidation sites excluding steroid dienone is 1. The third-order valence-corrected chi connectivity index (χ3v) is 2.31. The minimum Gasteiger partial charge on any atom is -0.466 e. The van der Waals surface area contributed by atoms with E-state index in [9.17, 15) is 15.0 Å². The van der Waals surface area contributed by atoms with Gasteiger partial charge in [0.25, 0.3) is 0 Å². The Morgan fingerprint density at radius 1 is 1.64 bits per heavy atom. The van der Waals surface area contributed by atoms with Crippen molar-refractivity contribution >= 4 is 5.97 Å². The number of carbonyl (C=O) groups excluding carboxylic acids is 1. The first-order valence-corrected chi connectivity index (χ1v) is 4.79. The quantitative estimate of drug-likeness (QED) is 0.510. The van der Waals surface area contributed by atoms with E-state index in [1.165, 1.54) is 6.92 Å². The molecule has 0 saturated heterocycles. The van der Waals surface area contributed by atoms with Gasteiger partial charge in [0.15, 0.2) is 0 Å². The Hall–Kier alpha value is -0.870. The molecule has 0 fully saturated rings. The molecule has 4 nitrogen and oxygen atoms in total. The fourth-order valence-corrected chi connectivity index (χ4v) is 1.53. The number of esters is 1. The first kappa shape index (κ1) is 11.2. The Labute approximate surface area is 83.2 Å². The molecule has 4 heteroatoms. The van der Waals surface area contributed by atoms with Gasteiger partial charge in [0.1, 0.15) is 6.10 Å². The van der Waals surface area contributed by atoms with Crippen LogP contribution < -0.4 is 0 Å². The molecule has 0 saturated carbocycles. The maximum atomic E-state index is 10.5. The van der Waals surface area contributed by atoms with Crippen LogP contribution in [0.3, 0.4) is 0 Å². The first-order chi connectivity index (χ1) is 6.61. The molecule has 1 aliphatic carbocycles. The summed E-state index contributed by atoms with van der Waals surface area (Å²) >= 11 is 0. The standard InChI is InChI=1S/C10H16O4/c1-7(11)14-6-5-8-3-2-4-9(12)10(8)13/h3,9-10,12-13H,2,4-6H2,1H3/t9-,10+/m0/s1. The molecule has 0 aromatic rings. The Kier molecular flexibility index (Phi) is 4.10. The van der Waals surface area contributed by atoms with Gasteiger partial charge < -0.3 is 14.9 Å². The molecule has 0 aromatic carbocycles. The molecule has 0 radical (unpaired) electrons. The number of ether oxygens (including phenoxy) is 1. The molecule has 1 rings (SSSR count). The molecule has 0 spiro atoms. The smallest absolute Gasteiger partial charge is 0.302 e. The Morgan fingerprint density at radius 3 is 3.00 bits per heavy atom. The van der Waals surface area contributed by atoms with Crippen molar-refractivity contribution < 1.29 is 19.7 Å². The van der Waals surface area contributed by atoms with E-state index in [2.05, 4.69) is 0 Å². The number of carbonyl (C=O) groups is 1. The highest BCUT2D eigenvalue weighted by Gasteiger charge is 2.23. The second kappa shape index (κ2) is 5.12. The molecule has 0 amide bonds. The van der Waals surface area contributed by atoms with Crippen molar-refractivity contribution in [2.45, 2.75) is 38.4 Å². The van der Waals surface area contributed by atoms with Crippen LogP contribution in [0.4, 0.5) is 0 Å². The topological polar surface area (TPSA) is 66.8 Å². The van der Waals surface area contributed by atoms with Crippen LogP contribution in [-0.2, 0) is 9.53 Å². The third kappa shape index (κ3) is 3.12. The molecule has 80 valence electrons. The monoisotopic (exact) mass is 200 g/mol. The highest BCUT2D eigenvalue weighted by Crippen LogP contribution is 2.21. The summed E-state index contributed by atoms with van der Waals surface area (Å²) < 4.78 is 4.76. The fourth-order valence-electron chi connectivity index (χ4n) is 1.53. The summed E-state index contributed by atoms with van der Waals surface area (Å²) in [6, 6.07) is 0. The van der Waals surface area contributed by atoms with E-state index in [0.29, 0.717) is 12.8 Å². The van der Waals surface area contributed by atoms with Gasteiger partial charge in [-0.15, -0.1) is 0 Å².